The third kappa shape index (κ3) is 3.57. The number of anilines is 1. The zero-order valence-electron chi connectivity index (χ0n) is 9.41. The Kier molecular flexibility index (Phi) is 3.44. The van der Waals surface area contributed by atoms with Gasteiger partial charge in [-0.3, -0.25) is 4.79 Å². The maximum absolute atomic E-state index is 11.4. The molecular weight excluding hydrogens is 200 g/mol. The number of carbonyl (C=O) groups is 1. The summed E-state index contributed by atoms with van der Waals surface area (Å²) in [5.74, 6) is 0.193. The molecule has 3 N–H and O–H groups in total. The summed E-state index contributed by atoms with van der Waals surface area (Å²) in [6.07, 6.45) is 4.79. The number of rotatable bonds is 5. The van der Waals surface area contributed by atoms with Gasteiger partial charge in [0, 0.05) is 18.2 Å². The largest absolute Gasteiger partial charge is 0.399 e. The van der Waals surface area contributed by atoms with Crippen molar-refractivity contribution in [3.63, 3.8) is 0 Å². The predicted molar refractivity (Wildman–Crippen MR) is 65.0 cm³/mol. The molecule has 1 aromatic rings. The molecule has 2 rings (SSSR count). The van der Waals surface area contributed by atoms with Gasteiger partial charge in [0.2, 0.25) is 5.91 Å². The normalized spacial score (nSPS) is 14.8. The lowest BCUT2D eigenvalue weighted by atomic mass is 10.1. The molecular formula is C13H18N2O. The van der Waals surface area contributed by atoms with Gasteiger partial charge in [0.25, 0.3) is 0 Å². The van der Waals surface area contributed by atoms with Crippen LogP contribution in [0.5, 0.6) is 0 Å². The summed E-state index contributed by atoms with van der Waals surface area (Å²) in [6, 6.07) is 8.32. The molecule has 1 saturated carbocycles. The van der Waals surface area contributed by atoms with E-state index in [-0.39, 0.29) is 5.91 Å². The van der Waals surface area contributed by atoms with Crippen molar-refractivity contribution in [3.8, 4) is 0 Å². The minimum Gasteiger partial charge on any atom is -0.399 e. The Hall–Kier alpha value is -1.51. The first kappa shape index (κ1) is 11.0. The van der Waals surface area contributed by atoms with Crippen LogP contribution in [0, 0.1) is 0 Å². The highest BCUT2D eigenvalue weighted by atomic mass is 16.1. The fourth-order valence-electron chi connectivity index (χ4n) is 1.66. The molecule has 16 heavy (non-hydrogen) atoms. The van der Waals surface area contributed by atoms with Crippen LogP contribution < -0.4 is 11.1 Å². The van der Waals surface area contributed by atoms with E-state index >= 15 is 0 Å². The summed E-state index contributed by atoms with van der Waals surface area (Å²) in [5, 5.41) is 2.99. The topological polar surface area (TPSA) is 55.1 Å². The first-order valence-electron chi connectivity index (χ1n) is 5.88. The van der Waals surface area contributed by atoms with Gasteiger partial charge in [-0.1, -0.05) is 12.1 Å². The molecule has 1 fully saturated rings. The summed E-state index contributed by atoms with van der Waals surface area (Å²) in [7, 11) is 0. The lowest BCUT2D eigenvalue weighted by molar-refractivity contribution is -0.121. The fraction of sp³-hybridized carbons (Fsp3) is 0.462. The summed E-state index contributed by atoms with van der Waals surface area (Å²) in [4.78, 5) is 11.4. The highest BCUT2D eigenvalue weighted by Gasteiger charge is 2.22. The second-order valence-corrected chi connectivity index (χ2v) is 4.44. The van der Waals surface area contributed by atoms with E-state index in [1.54, 1.807) is 0 Å². The summed E-state index contributed by atoms with van der Waals surface area (Å²) >= 11 is 0. The van der Waals surface area contributed by atoms with Gasteiger partial charge in [-0.25, -0.2) is 0 Å². The van der Waals surface area contributed by atoms with E-state index in [0.717, 1.165) is 31.4 Å². The molecule has 1 amide bonds. The molecule has 0 aliphatic heterocycles. The summed E-state index contributed by atoms with van der Waals surface area (Å²) in [6.45, 7) is 0. The Morgan fingerprint density at radius 2 is 2.00 bits per heavy atom. The van der Waals surface area contributed by atoms with Crippen molar-refractivity contribution >= 4 is 11.6 Å². The second-order valence-electron chi connectivity index (χ2n) is 4.44. The van der Waals surface area contributed by atoms with Crippen LogP contribution in [0.2, 0.25) is 0 Å². The third-order valence-electron chi connectivity index (χ3n) is 2.79. The molecule has 0 aromatic heterocycles. The zero-order chi connectivity index (χ0) is 11.4. The first-order chi connectivity index (χ1) is 7.74. The molecule has 3 heteroatoms. The van der Waals surface area contributed by atoms with Crippen molar-refractivity contribution in [2.45, 2.75) is 38.1 Å². The second kappa shape index (κ2) is 5.01. The maximum Gasteiger partial charge on any atom is 0.220 e. The highest BCUT2D eigenvalue weighted by molar-refractivity contribution is 5.76. The SMILES string of the molecule is Nc1ccc(CCCC(=O)NC2CC2)cc1. The van der Waals surface area contributed by atoms with Gasteiger partial charge < -0.3 is 11.1 Å². The van der Waals surface area contributed by atoms with Gasteiger partial charge in [-0.2, -0.15) is 0 Å². The number of aryl methyl sites for hydroxylation is 1. The molecule has 0 unspecified atom stereocenters. The molecule has 0 spiro atoms. The first-order valence-corrected chi connectivity index (χ1v) is 5.88. The molecule has 0 radical (unpaired) electrons. The van der Waals surface area contributed by atoms with Crippen molar-refractivity contribution in [1.29, 1.82) is 0 Å². The minimum absolute atomic E-state index is 0.193. The molecule has 0 saturated heterocycles. The van der Waals surface area contributed by atoms with Gasteiger partial charge in [0.1, 0.15) is 0 Å². The minimum atomic E-state index is 0.193. The summed E-state index contributed by atoms with van der Waals surface area (Å²) < 4.78 is 0. The third-order valence-corrected chi connectivity index (χ3v) is 2.79. The van der Waals surface area contributed by atoms with E-state index in [0.29, 0.717) is 12.5 Å². The lowest BCUT2D eigenvalue weighted by Crippen LogP contribution is -2.24. The molecule has 0 heterocycles. The predicted octanol–water partition coefficient (Wildman–Crippen LogP) is 1.87. The number of amides is 1. The van der Waals surface area contributed by atoms with Crippen molar-refractivity contribution in [1.82, 2.24) is 5.32 Å². The number of benzene rings is 1. The Bertz CT molecular complexity index is 355. The monoisotopic (exact) mass is 218 g/mol. The standard InChI is InChI=1S/C13H18N2O/c14-11-6-4-10(5-7-11)2-1-3-13(16)15-12-8-9-12/h4-7,12H,1-3,8-9,14H2,(H,15,16). The highest BCUT2D eigenvalue weighted by Crippen LogP contribution is 2.18. The summed E-state index contributed by atoms with van der Waals surface area (Å²) in [5.41, 5.74) is 7.63. The Balaban J connectivity index is 1.66. The molecule has 0 bridgehead atoms. The van der Waals surface area contributed by atoms with Gasteiger partial charge in [0.05, 0.1) is 0 Å². The van der Waals surface area contributed by atoms with Crippen LogP contribution in [-0.2, 0) is 11.2 Å². The Morgan fingerprint density at radius 3 is 2.62 bits per heavy atom. The van der Waals surface area contributed by atoms with Crippen LogP contribution in [0.3, 0.4) is 0 Å². The molecule has 1 aromatic carbocycles. The average Bonchev–Trinajstić information content (AvgIpc) is 3.05. The van der Waals surface area contributed by atoms with Crippen molar-refractivity contribution < 1.29 is 4.79 Å². The number of nitrogens with one attached hydrogen (secondary N) is 1. The van der Waals surface area contributed by atoms with Gasteiger partial charge in [-0.15, -0.1) is 0 Å². The van der Waals surface area contributed by atoms with Crippen LogP contribution in [0.4, 0.5) is 5.69 Å². The smallest absolute Gasteiger partial charge is 0.220 e. The van der Waals surface area contributed by atoms with Crippen LogP contribution >= 0.6 is 0 Å². The van der Waals surface area contributed by atoms with Crippen LogP contribution in [-0.4, -0.2) is 11.9 Å². The van der Waals surface area contributed by atoms with Gasteiger partial charge >= 0.3 is 0 Å². The van der Waals surface area contributed by atoms with Crippen molar-refractivity contribution in [2.24, 2.45) is 0 Å². The van der Waals surface area contributed by atoms with E-state index < -0.39 is 0 Å². The van der Waals surface area contributed by atoms with Crippen LogP contribution in [0.1, 0.15) is 31.2 Å². The number of nitrogens with two attached hydrogens (primary N) is 1. The van der Waals surface area contributed by atoms with Gasteiger partial charge in [-0.05, 0) is 43.4 Å². The van der Waals surface area contributed by atoms with E-state index in [4.69, 9.17) is 5.73 Å². The van der Waals surface area contributed by atoms with E-state index in [2.05, 4.69) is 5.32 Å². The van der Waals surface area contributed by atoms with Crippen LogP contribution in [0.15, 0.2) is 24.3 Å². The van der Waals surface area contributed by atoms with Gasteiger partial charge in [0.15, 0.2) is 0 Å². The molecule has 1 aliphatic carbocycles. The maximum atomic E-state index is 11.4. The van der Waals surface area contributed by atoms with Crippen molar-refractivity contribution in [2.75, 3.05) is 5.73 Å². The average molecular weight is 218 g/mol. The van der Waals surface area contributed by atoms with Crippen LogP contribution in [0.25, 0.3) is 0 Å². The number of hydrogen-bond donors (Lipinski definition) is 2. The number of carbonyl (C=O) groups excluding carboxylic acids is 1. The Morgan fingerprint density at radius 1 is 1.31 bits per heavy atom. The quantitative estimate of drug-likeness (QED) is 0.741. The van der Waals surface area contributed by atoms with Crippen molar-refractivity contribution in [3.05, 3.63) is 29.8 Å². The number of nitrogen functional groups attached to an aromatic ring is 1. The molecule has 1 aliphatic rings. The molecule has 3 nitrogen and oxygen atoms in total. The van der Waals surface area contributed by atoms with E-state index in [9.17, 15) is 4.79 Å². The zero-order valence-corrected chi connectivity index (χ0v) is 9.41. The molecule has 0 atom stereocenters. The van der Waals surface area contributed by atoms with E-state index in [1.165, 1.54) is 5.56 Å². The lowest BCUT2D eigenvalue weighted by Gasteiger charge is -2.03. The Labute approximate surface area is 96.0 Å². The number of hydrogen-bond acceptors (Lipinski definition) is 2. The molecule has 86 valence electrons. The fourth-order valence-corrected chi connectivity index (χ4v) is 1.66. The van der Waals surface area contributed by atoms with E-state index in [1.807, 2.05) is 24.3 Å².